The van der Waals surface area contributed by atoms with Crippen LogP contribution in [0.3, 0.4) is 0 Å². The Morgan fingerprint density at radius 3 is 2.62 bits per heavy atom. The third kappa shape index (κ3) is 2.61. The number of nitrogens with zero attached hydrogens (tertiary/aromatic N) is 3. The first-order valence-electron chi connectivity index (χ1n) is 5.57. The van der Waals surface area contributed by atoms with E-state index >= 15 is 0 Å². The average molecular weight is 220 g/mol. The normalized spacial score (nSPS) is 13.5. The average Bonchev–Trinajstić information content (AvgIpc) is 2.56. The van der Waals surface area contributed by atoms with Crippen molar-refractivity contribution in [2.75, 3.05) is 6.54 Å². The Balaban J connectivity index is 3.17. The van der Waals surface area contributed by atoms with Crippen molar-refractivity contribution in [3.63, 3.8) is 0 Å². The minimum atomic E-state index is -0.270. The molecule has 0 radical (unpaired) electrons. The standard InChI is InChI=1S/C12H20N4/c1-6-14-10(7-13)9-8-16(5)15-11(9)12(2,3)4/h8,10,14H,6H2,1-5H3. The minimum Gasteiger partial charge on any atom is -0.298 e. The predicted molar refractivity (Wildman–Crippen MR) is 63.9 cm³/mol. The van der Waals surface area contributed by atoms with E-state index in [-0.39, 0.29) is 11.5 Å². The molecule has 0 aliphatic heterocycles. The summed E-state index contributed by atoms with van der Waals surface area (Å²) in [6.45, 7) is 9.10. The smallest absolute Gasteiger partial charge is 0.124 e. The minimum absolute atomic E-state index is 0.0406. The summed E-state index contributed by atoms with van der Waals surface area (Å²) in [5.41, 5.74) is 1.93. The molecular weight excluding hydrogens is 200 g/mol. The van der Waals surface area contributed by atoms with Crippen molar-refractivity contribution in [1.29, 1.82) is 5.26 Å². The van der Waals surface area contributed by atoms with Gasteiger partial charge in [-0.3, -0.25) is 10.00 Å². The van der Waals surface area contributed by atoms with Crippen LogP contribution in [0.25, 0.3) is 0 Å². The molecule has 88 valence electrons. The fourth-order valence-corrected chi connectivity index (χ4v) is 1.73. The van der Waals surface area contributed by atoms with Crippen molar-refractivity contribution < 1.29 is 0 Å². The molecule has 0 aliphatic carbocycles. The van der Waals surface area contributed by atoms with Gasteiger partial charge < -0.3 is 0 Å². The number of aromatic nitrogens is 2. The van der Waals surface area contributed by atoms with Crippen LogP contribution in [0.2, 0.25) is 0 Å². The van der Waals surface area contributed by atoms with Gasteiger partial charge in [0.25, 0.3) is 0 Å². The van der Waals surface area contributed by atoms with Crippen molar-refractivity contribution in [3.8, 4) is 6.07 Å². The van der Waals surface area contributed by atoms with Gasteiger partial charge in [0.05, 0.1) is 11.8 Å². The molecule has 1 aromatic heterocycles. The summed E-state index contributed by atoms with van der Waals surface area (Å²) in [4.78, 5) is 0. The van der Waals surface area contributed by atoms with Crippen molar-refractivity contribution in [2.45, 2.75) is 39.2 Å². The van der Waals surface area contributed by atoms with E-state index < -0.39 is 0 Å². The molecule has 1 rings (SSSR count). The van der Waals surface area contributed by atoms with E-state index in [4.69, 9.17) is 5.26 Å². The fraction of sp³-hybridized carbons (Fsp3) is 0.667. The first kappa shape index (κ1) is 12.7. The molecule has 0 aromatic carbocycles. The van der Waals surface area contributed by atoms with E-state index in [1.54, 1.807) is 4.68 Å². The van der Waals surface area contributed by atoms with Crippen LogP contribution in [0, 0.1) is 11.3 Å². The quantitative estimate of drug-likeness (QED) is 0.846. The Kier molecular flexibility index (Phi) is 3.71. The zero-order valence-corrected chi connectivity index (χ0v) is 10.7. The summed E-state index contributed by atoms with van der Waals surface area (Å²) in [7, 11) is 1.89. The molecule has 0 saturated heterocycles. The highest BCUT2D eigenvalue weighted by molar-refractivity contribution is 5.31. The second-order valence-electron chi connectivity index (χ2n) is 4.98. The first-order valence-corrected chi connectivity index (χ1v) is 5.57. The highest BCUT2D eigenvalue weighted by atomic mass is 15.3. The summed E-state index contributed by atoms with van der Waals surface area (Å²) < 4.78 is 1.78. The zero-order valence-electron chi connectivity index (χ0n) is 10.7. The maximum atomic E-state index is 9.16. The lowest BCUT2D eigenvalue weighted by Crippen LogP contribution is -2.23. The monoisotopic (exact) mass is 220 g/mol. The number of nitriles is 1. The lowest BCUT2D eigenvalue weighted by Gasteiger charge is -2.19. The maximum absolute atomic E-state index is 9.16. The first-order chi connectivity index (χ1) is 7.40. The van der Waals surface area contributed by atoms with Gasteiger partial charge in [0.1, 0.15) is 6.04 Å². The molecule has 1 aromatic rings. The second kappa shape index (κ2) is 4.67. The summed E-state index contributed by atoms with van der Waals surface area (Å²) in [6.07, 6.45) is 1.93. The highest BCUT2D eigenvalue weighted by Gasteiger charge is 2.26. The van der Waals surface area contributed by atoms with Gasteiger partial charge in [-0.2, -0.15) is 10.4 Å². The lowest BCUT2D eigenvalue weighted by molar-refractivity contribution is 0.538. The van der Waals surface area contributed by atoms with Crippen molar-refractivity contribution >= 4 is 0 Å². The van der Waals surface area contributed by atoms with Gasteiger partial charge in [-0.05, 0) is 6.54 Å². The summed E-state index contributed by atoms with van der Waals surface area (Å²) in [5, 5.41) is 16.8. The molecule has 0 saturated carbocycles. The largest absolute Gasteiger partial charge is 0.298 e. The van der Waals surface area contributed by atoms with E-state index in [2.05, 4.69) is 37.3 Å². The van der Waals surface area contributed by atoms with Crippen LogP contribution in [0.1, 0.15) is 45.0 Å². The number of nitrogens with one attached hydrogen (secondary N) is 1. The molecule has 0 bridgehead atoms. The molecule has 16 heavy (non-hydrogen) atoms. The molecule has 1 atom stereocenters. The Bertz CT molecular complexity index is 392. The SMILES string of the molecule is CCNC(C#N)c1cn(C)nc1C(C)(C)C. The van der Waals surface area contributed by atoms with Gasteiger partial charge in [-0.15, -0.1) is 0 Å². The van der Waals surface area contributed by atoms with Gasteiger partial charge in [0, 0.05) is 24.2 Å². The van der Waals surface area contributed by atoms with Crippen molar-refractivity contribution in [2.24, 2.45) is 7.05 Å². The Hall–Kier alpha value is -1.34. The molecular formula is C12H20N4. The van der Waals surface area contributed by atoms with Crippen LogP contribution < -0.4 is 5.32 Å². The van der Waals surface area contributed by atoms with E-state index in [0.717, 1.165) is 17.8 Å². The van der Waals surface area contributed by atoms with E-state index in [1.807, 2.05) is 20.2 Å². The third-order valence-corrected chi connectivity index (χ3v) is 2.42. The number of hydrogen-bond acceptors (Lipinski definition) is 3. The molecule has 1 heterocycles. The van der Waals surface area contributed by atoms with Crippen LogP contribution in [0.15, 0.2) is 6.20 Å². The van der Waals surface area contributed by atoms with Gasteiger partial charge in [-0.25, -0.2) is 0 Å². The van der Waals surface area contributed by atoms with Crippen LogP contribution in [0.5, 0.6) is 0 Å². The van der Waals surface area contributed by atoms with Gasteiger partial charge in [-0.1, -0.05) is 27.7 Å². The topological polar surface area (TPSA) is 53.6 Å². The van der Waals surface area contributed by atoms with Gasteiger partial charge in [0.15, 0.2) is 0 Å². The molecule has 0 spiro atoms. The zero-order chi connectivity index (χ0) is 12.3. The van der Waals surface area contributed by atoms with Crippen LogP contribution >= 0.6 is 0 Å². The third-order valence-electron chi connectivity index (χ3n) is 2.42. The molecule has 1 unspecified atom stereocenters. The summed E-state index contributed by atoms with van der Waals surface area (Å²) in [5.74, 6) is 0. The van der Waals surface area contributed by atoms with Crippen LogP contribution in [0.4, 0.5) is 0 Å². The van der Waals surface area contributed by atoms with Crippen LogP contribution in [-0.2, 0) is 12.5 Å². The molecule has 0 fully saturated rings. The summed E-state index contributed by atoms with van der Waals surface area (Å²) >= 11 is 0. The van der Waals surface area contributed by atoms with E-state index in [0.29, 0.717) is 0 Å². The Labute approximate surface area is 97.3 Å². The second-order valence-corrected chi connectivity index (χ2v) is 4.98. The van der Waals surface area contributed by atoms with Crippen LogP contribution in [-0.4, -0.2) is 16.3 Å². The Morgan fingerprint density at radius 2 is 2.19 bits per heavy atom. The molecule has 0 amide bonds. The lowest BCUT2D eigenvalue weighted by atomic mass is 9.88. The highest BCUT2D eigenvalue weighted by Crippen LogP contribution is 2.27. The molecule has 1 N–H and O–H groups in total. The van der Waals surface area contributed by atoms with Crippen molar-refractivity contribution in [3.05, 3.63) is 17.5 Å². The van der Waals surface area contributed by atoms with Gasteiger partial charge in [0.2, 0.25) is 0 Å². The summed E-state index contributed by atoms with van der Waals surface area (Å²) in [6, 6.07) is 2.01. The molecule has 0 aliphatic rings. The number of rotatable bonds is 3. The molecule has 4 heteroatoms. The predicted octanol–water partition coefficient (Wildman–Crippen LogP) is 1.89. The van der Waals surface area contributed by atoms with E-state index in [9.17, 15) is 0 Å². The maximum Gasteiger partial charge on any atom is 0.124 e. The fourth-order valence-electron chi connectivity index (χ4n) is 1.73. The number of hydrogen-bond donors (Lipinski definition) is 1. The number of aryl methyl sites for hydroxylation is 1. The van der Waals surface area contributed by atoms with Gasteiger partial charge >= 0.3 is 0 Å². The van der Waals surface area contributed by atoms with Crippen molar-refractivity contribution in [1.82, 2.24) is 15.1 Å². The Morgan fingerprint density at radius 1 is 1.56 bits per heavy atom. The molecule has 4 nitrogen and oxygen atoms in total. The van der Waals surface area contributed by atoms with E-state index in [1.165, 1.54) is 0 Å².